The molecule has 0 aliphatic rings. The number of hydrogen-bond acceptors (Lipinski definition) is 4. The lowest BCUT2D eigenvalue weighted by Crippen LogP contribution is -2.00. The number of nitrogens with zero attached hydrogens (tertiary/aromatic N) is 4. The number of benzene rings is 9. The number of hydrogen-bond donors (Lipinski definition) is 0. The van der Waals surface area contributed by atoms with Crippen molar-refractivity contribution in [1.82, 2.24) is 19.5 Å². The molecule has 0 radical (unpaired) electrons. The number of para-hydroxylation sites is 2. The summed E-state index contributed by atoms with van der Waals surface area (Å²) in [5.41, 5.74) is 13.3. The van der Waals surface area contributed by atoms with Crippen molar-refractivity contribution < 1.29 is 0 Å². The van der Waals surface area contributed by atoms with Gasteiger partial charge in [-0.15, -0.1) is 11.3 Å². The number of aromatic nitrogens is 4. The average molecular weight is 809 g/mol. The monoisotopic (exact) mass is 808 g/mol. The predicted molar refractivity (Wildman–Crippen MR) is 260 cm³/mol. The zero-order valence-corrected chi connectivity index (χ0v) is 34.3. The van der Waals surface area contributed by atoms with Crippen LogP contribution in [0.3, 0.4) is 0 Å². The molecule has 0 bridgehead atoms. The summed E-state index contributed by atoms with van der Waals surface area (Å²) >= 11 is 1.81. The molecular formula is C57H36N4S. The van der Waals surface area contributed by atoms with Gasteiger partial charge in [0.2, 0.25) is 0 Å². The Morgan fingerprint density at radius 2 is 0.774 bits per heavy atom. The van der Waals surface area contributed by atoms with E-state index in [9.17, 15) is 0 Å². The maximum absolute atomic E-state index is 5.23. The zero-order chi connectivity index (χ0) is 41.0. The van der Waals surface area contributed by atoms with E-state index in [1.807, 2.05) is 18.2 Å². The Morgan fingerprint density at radius 3 is 1.45 bits per heavy atom. The molecule has 0 aliphatic carbocycles. The van der Waals surface area contributed by atoms with Crippen LogP contribution in [0.15, 0.2) is 218 Å². The molecule has 9 aromatic carbocycles. The van der Waals surface area contributed by atoms with Crippen LogP contribution in [-0.2, 0) is 0 Å². The molecule has 0 spiro atoms. The smallest absolute Gasteiger partial charge is 0.164 e. The van der Waals surface area contributed by atoms with E-state index in [1.54, 1.807) is 11.3 Å². The van der Waals surface area contributed by atoms with E-state index in [2.05, 4.69) is 205 Å². The van der Waals surface area contributed by atoms with Gasteiger partial charge < -0.3 is 4.57 Å². The van der Waals surface area contributed by atoms with Gasteiger partial charge in [0, 0.05) is 53.3 Å². The molecule has 12 rings (SSSR count). The zero-order valence-electron chi connectivity index (χ0n) is 33.5. The maximum Gasteiger partial charge on any atom is 0.164 e. The molecule has 4 nitrogen and oxygen atoms in total. The van der Waals surface area contributed by atoms with Crippen LogP contribution in [0.4, 0.5) is 0 Å². The summed E-state index contributed by atoms with van der Waals surface area (Å²) in [5.74, 6) is 1.92. The van der Waals surface area contributed by atoms with Gasteiger partial charge in [0.25, 0.3) is 0 Å². The summed E-state index contributed by atoms with van der Waals surface area (Å²) in [4.78, 5) is 15.5. The standard InChI is InChI=1S/C57H36N4S/c1-5-15-37(16-6-1)43-31-44(38-17-7-2-8-18-38)33-45(32-43)57-59-55(39-19-9-3-10-20-39)58-56(60-57)42-25-28-48-50-35-41(27-30-53(50)62-54(48)36-42)40-26-29-52-49(34-40)47-23-13-14-24-51(47)61(52)46-21-11-4-12-22-46/h1-36H. The van der Waals surface area contributed by atoms with Crippen LogP contribution in [0.25, 0.3) is 115 Å². The molecule has 0 saturated carbocycles. The van der Waals surface area contributed by atoms with Crippen LogP contribution in [0.1, 0.15) is 0 Å². The Labute approximate surface area is 362 Å². The minimum atomic E-state index is 0.633. The topological polar surface area (TPSA) is 43.6 Å². The van der Waals surface area contributed by atoms with Gasteiger partial charge in [0.1, 0.15) is 0 Å². The van der Waals surface area contributed by atoms with E-state index in [-0.39, 0.29) is 0 Å². The Hall–Kier alpha value is -7.99. The van der Waals surface area contributed by atoms with Crippen molar-refractivity contribution in [3.8, 4) is 73.2 Å². The lowest BCUT2D eigenvalue weighted by Gasteiger charge is -2.12. The van der Waals surface area contributed by atoms with Gasteiger partial charge in [-0.25, -0.2) is 15.0 Å². The van der Waals surface area contributed by atoms with E-state index in [4.69, 9.17) is 15.0 Å². The Bertz CT molecular complexity index is 3560. The molecule has 0 aliphatic heterocycles. The molecule has 12 aromatic rings. The molecule has 290 valence electrons. The number of fused-ring (bicyclic) bond motifs is 6. The summed E-state index contributed by atoms with van der Waals surface area (Å²) < 4.78 is 4.80. The van der Waals surface area contributed by atoms with Crippen molar-refractivity contribution in [2.75, 3.05) is 0 Å². The number of rotatable bonds is 7. The summed E-state index contributed by atoms with van der Waals surface area (Å²) in [6.07, 6.45) is 0. The van der Waals surface area contributed by atoms with Gasteiger partial charge in [-0.2, -0.15) is 0 Å². The average Bonchev–Trinajstić information content (AvgIpc) is 3.89. The van der Waals surface area contributed by atoms with Crippen LogP contribution in [-0.4, -0.2) is 19.5 Å². The van der Waals surface area contributed by atoms with Crippen molar-refractivity contribution in [2.45, 2.75) is 0 Å². The van der Waals surface area contributed by atoms with Crippen molar-refractivity contribution in [2.24, 2.45) is 0 Å². The highest BCUT2D eigenvalue weighted by Gasteiger charge is 2.18. The minimum Gasteiger partial charge on any atom is -0.309 e. The Kier molecular flexibility index (Phi) is 8.65. The second kappa shape index (κ2) is 14.9. The van der Waals surface area contributed by atoms with Gasteiger partial charge in [-0.05, 0) is 100 Å². The molecule has 0 N–H and O–H groups in total. The SMILES string of the molecule is c1ccc(-c2cc(-c3ccccc3)cc(-c3nc(-c4ccccc4)nc(-c4ccc5c(c4)sc4ccc(-c6ccc7c(c6)c6ccccc6n7-c6ccccc6)cc45)n3)c2)cc1. The third-order valence-corrected chi connectivity index (χ3v) is 13.0. The summed E-state index contributed by atoms with van der Waals surface area (Å²) in [7, 11) is 0. The summed E-state index contributed by atoms with van der Waals surface area (Å²) in [5, 5.41) is 4.96. The van der Waals surface area contributed by atoms with Crippen molar-refractivity contribution in [3.05, 3.63) is 218 Å². The van der Waals surface area contributed by atoms with E-state index < -0.39 is 0 Å². The first-order chi connectivity index (χ1) is 30.7. The molecule has 0 amide bonds. The Morgan fingerprint density at radius 1 is 0.274 bits per heavy atom. The highest BCUT2D eigenvalue weighted by Crippen LogP contribution is 2.41. The van der Waals surface area contributed by atoms with Crippen LogP contribution >= 0.6 is 11.3 Å². The lowest BCUT2D eigenvalue weighted by atomic mass is 9.96. The normalized spacial score (nSPS) is 11.5. The van der Waals surface area contributed by atoms with Crippen LogP contribution in [0.5, 0.6) is 0 Å². The largest absolute Gasteiger partial charge is 0.309 e. The fourth-order valence-electron chi connectivity index (χ4n) is 8.81. The quantitative estimate of drug-likeness (QED) is 0.161. The van der Waals surface area contributed by atoms with Crippen LogP contribution in [0, 0.1) is 0 Å². The van der Waals surface area contributed by atoms with E-state index in [0.29, 0.717) is 17.5 Å². The molecule has 0 fully saturated rings. The molecule has 62 heavy (non-hydrogen) atoms. The molecule has 5 heteroatoms. The van der Waals surface area contributed by atoms with Gasteiger partial charge in [0.05, 0.1) is 11.0 Å². The van der Waals surface area contributed by atoms with Gasteiger partial charge >= 0.3 is 0 Å². The highest BCUT2D eigenvalue weighted by atomic mass is 32.1. The first kappa shape index (κ1) is 35.9. The second-order valence-electron chi connectivity index (χ2n) is 15.6. The summed E-state index contributed by atoms with van der Waals surface area (Å²) in [6, 6.07) is 77.6. The molecule has 0 saturated heterocycles. The van der Waals surface area contributed by atoms with E-state index in [0.717, 1.165) is 44.6 Å². The molecule has 0 atom stereocenters. The third kappa shape index (κ3) is 6.35. The highest BCUT2D eigenvalue weighted by molar-refractivity contribution is 7.25. The fraction of sp³-hybridized carbons (Fsp3) is 0. The lowest BCUT2D eigenvalue weighted by molar-refractivity contribution is 1.07. The molecule has 3 aromatic heterocycles. The number of thiophene rings is 1. The first-order valence-corrected chi connectivity index (χ1v) is 21.7. The minimum absolute atomic E-state index is 0.633. The van der Waals surface area contributed by atoms with Crippen molar-refractivity contribution >= 4 is 53.3 Å². The first-order valence-electron chi connectivity index (χ1n) is 20.8. The Balaban J connectivity index is 0.968. The molecule has 3 heterocycles. The van der Waals surface area contributed by atoms with E-state index >= 15 is 0 Å². The predicted octanol–water partition coefficient (Wildman–Crippen LogP) is 15.3. The maximum atomic E-state index is 5.23. The van der Waals surface area contributed by atoms with Crippen LogP contribution < -0.4 is 0 Å². The second-order valence-corrected chi connectivity index (χ2v) is 16.7. The van der Waals surface area contributed by atoms with Crippen molar-refractivity contribution in [3.63, 3.8) is 0 Å². The van der Waals surface area contributed by atoms with Gasteiger partial charge in [-0.1, -0.05) is 152 Å². The summed E-state index contributed by atoms with van der Waals surface area (Å²) in [6.45, 7) is 0. The molecular weight excluding hydrogens is 773 g/mol. The van der Waals surface area contributed by atoms with E-state index in [1.165, 1.54) is 53.1 Å². The van der Waals surface area contributed by atoms with Gasteiger partial charge in [-0.3, -0.25) is 0 Å². The van der Waals surface area contributed by atoms with Crippen molar-refractivity contribution in [1.29, 1.82) is 0 Å². The van der Waals surface area contributed by atoms with Crippen LogP contribution in [0.2, 0.25) is 0 Å². The molecule has 0 unspecified atom stereocenters. The van der Waals surface area contributed by atoms with Gasteiger partial charge in [0.15, 0.2) is 17.5 Å². The fourth-order valence-corrected chi connectivity index (χ4v) is 9.93. The third-order valence-electron chi connectivity index (χ3n) is 11.8.